The molecule has 0 aromatic heterocycles. The second-order valence-corrected chi connectivity index (χ2v) is 5.15. The van der Waals surface area contributed by atoms with Gasteiger partial charge < -0.3 is 9.80 Å². The van der Waals surface area contributed by atoms with Crippen LogP contribution in [0.25, 0.3) is 0 Å². The van der Waals surface area contributed by atoms with E-state index in [1.165, 1.54) is 6.07 Å². The van der Waals surface area contributed by atoms with Crippen LogP contribution in [0.2, 0.25) is 0 Å². The second-order valence-electron chi connectivity index (χ2n) is 5.15. The summed E-state index contributed by atoms with van der Waals surface area (Å²) >= 11 is 0. The number of Topliss-reactive ketones (excluding diaryl/α,β-unsaturated/α-hetero) is 1. The van der Waals surface area contributed by atoms with Crippen LogP contribution in [-0.4, -0.2) is 55.4 Å². The summed E-state index contributed by atoms with van der Waals surface area (Å²) in [6.45, 7) is 2.64. The molecule has 3 nitrogen and oxygen atoms in total. The minimum Gasteiger partial charge on any atom is -0.304 e. The summed E-state index contributed by atoms with van der Waals surface area (Å²) in [6, 6.07) is 3.17. The second kappa shape index (κ2) is 5.75. The van der Waals surface area contributed by atoms with E-state index in [0.29, 0.717) is 0 Å². The van der Waals surface area contributed by atoms with Gasteiger partial charge in [0.2, 0.25) is 0 Å². The summed E-state index contributed by atoms with van der Waals surface area (Å²) in [4.78, 5) is 16.4. The molecule has 19 heavy (non-hydrogen) atoms. The Labute approximate surface area is 111 Å². The van der Waals surface area contributed by atoms with Crippen LogP contribution >= 0.6 is 0 Å². The number of benzene rings is 1. The molecule has 1 aliphatic heterocycles. The maximum absolute atomic E-state index is 13.5. The van der Waals surface area contributed by atoms with E-state index >= 15 is 0 Å². The van der Waals surface area contributed by atoms with Gasteiger partial charge in [0.15, 0.2) is 5.78 Å². The zero-order chi connectivity index (χ0) is 14.0. The van der Waals surface area contributed by atoms with Gasteiger partial charge in [-0.2, -0.15) is 0 Å². The highest BCUT2D eigenvalue weighted by Crippen LogP contribution is 2.16. The van der Waals surface area contributed by atoms with Crippen molar-refractivity contribution in [1.29, 1.82) is 0 Å². The lowest BCUT2D eigenvalue weighted by Crippen LogP contribution is -2.50. The summed E-state index contributed by atoms with van der Waals surface area (Å²) < 4.78 is 26.4. The van der Waals surface area contributed by atoms with Crippen LogP contribution in [-0.2, 0) is 0 Å². The molecule has 0 radical (unpaired) electrons. The van der Waals surface area contributed by atoms with E-state index in [1.54, 1.807) is 0 Å². The molecule has 5 heteroatoms. The quantitative estimate of drug-likeness (QED) is 0.781. The van der Waals surface area contributed by atoms with Crippen molar-refractivity contribution in [1.82, 2.24) is 9.80 Å². The smallest absolute Gasteiger partial charge is 0.167 e. The van der Waals surface area contributed by atoms with E-state index in [9.17, 15) is 13.6 Å². The monoisotopic (exact) mass is 268 g/mol. The van der Waals surface area contributed by atoms with Crippen molar-refractivity contribution in [3.05, 3.63) is 35.4 Å². The Bertz CT molecular complexity index is 479. The average molecular weight is 268 g/mol. The summed E-state index contributed by atoms with van der Waals surface area (Å²) in [7, 11) is 3.97. The number of carbonyl (C=O) groups excluding carboxylic acids is 1. The van der Waals surface area contributed by atoms with Crippen molar-refractivity contribution in [3.8, 4) is 0 Å². The molecule has 1 heterocycles. The standard InChI is InChI=1S/C14H18F2N2O/c1-17-5-6-18(2)11(9-17)8-14(19)12-4-3-10(15)7-13(12)16/h3-4,7,11H,5-6,8-9H2,1-2H3. The van der Waals surface area contributed by atoms with E-state index in [1.807, 2.05) is 14.1 Å². The van der Waals surface area contributed by atoms with Crippen LogP contribution in [0.15, 0.2) is 18.2 Å². The van der Waals surface area contributed by atoms with Crippen LogP contribution in [0.1, 0.15) is 16.8 Å². The third-order valence-electron chi connectivity index (χ3n) is 3.63. The van der Waals surface area contributed by atoms with Crippen LogP contribution in [0, 0.1) is 11.6 Å². The summed E-state index contributed by atoms with van der Waals surface area (Å²) in [5, 5.41) is 0. The van der Waals surface area contributed by atoms with E-state index < -0.39 is 11.6 Å². The largest absolute Gasteiger partial charge is 0.304 e. The normalized spacial score (nSPS) is 21.6. The number of nitrogens with zero attached hydrogens (tertiary/aromatic N) is 2. The number of piperazine rings is 1. The Kier molecular flexibility index (Phi) is 4.27. The maximum atomic E-state index is 13.5. The Balaban J connectivity index is 2.07. The Hall–Kier alpha value is -1.33. The van der Waals surface area contributed by atoms with Gasteiger partial charge in [0, 0.05) is 38.2 Å². The zero-order valence-corrected chi connectivity index (χ0v) is 11.2. The van der Waals surface area contributed by atoms with Crippen molar-refractivity contribution in [3.63, 3.8) is 0 Å². The molecule has 1 aromatic carbocycles. The molecule has 1 aromatic rings. The van der Waals surface area contributed by atoms with Gasteiger partial charge in [-0.15, -0.1) is 0 Å². The fraction of sp³-hybridized carbons (Fsp3) is 0.500. The van der Waals surface area contributed by atoms with Gasteiger partial charge in [0.1, 0.15) is 11.6 Å². The molecule has 1 saturated heterocycles. The third-order valence-corrected chi connectivity index (χ3v) is 3.63. The SMILES string of the molecule is CN1CCN(C)C(CC(=O)c2ccc(F)cc2F)C1. The molecule has 0 saturated carbocycles. The lowest BCUT2D eigenvalue weighted by atomic mass is 10.0. The minimum atomic E-state index is -0.781. The van der Waals surface area contributed by atoms with E-state index in [0.717, 1.165) is 31.8 Å². The first-order valence-electron chi connectivity index (χ1n) is 6.34. The van der Waals surface area contributed by atoms with Crippen LogP contribution < -0.4 is 0 Å². The first-order chi connectivity index (χ1) is 8.97. The highest BCUT2D eigenvalue weighted by Gasteiger charge is 2.25. The number of halogens is 2. The summed E-state index contributed by atoms with van der Waals surface area (Å²) in [5.74, 6) is -1.72. The molecule has 2 rings (SSSR count). The molecule has 0 N–H and O–H groups in total. The number of carbonyl (C=O) groups is 1. The fourth-order valence-electron chi connectivity index (χ4n) is 2.36. The highest BCUT2D eigenvalue weighted by atomic mass is 19.1. The molecule has 0 bridgehead atoms. The van der Waals surface area contributed by atoms with E-state index in [-0.39, 0.29) is 23.8 Å². The number of rotatable bonds is 3. The van der Waals surface area contributed by atoms with E-state index in [2.05, 4.69) is 9.80 Å². The number of hydrogen-bond donors (Lipinski definition) is 0. The van der Waals surface area contributed by atoms with Gasteiger partial charge in [0.05, 0.1) is 5.56 Å². The first-order valence-corrected chi connectivity index (χ1v) is 6.34. The van der Waals surface area contributed by atoms with Crippen molar-refractivity contribution >= 4 is 5.78 Å². The predicted molar refractivity (Wildman–Crippen MR) is 69.2 cm³/mol. The highest BCUT2D eigenvalue weighted by molar-refractivity contribution is 5.96. The Morgan fingerprint density at radius 3 is 2.74 bits per heavy atom. The Morgan fingerprint density at radius 1 is 1.32 bits per heavy atom. The van der Waals surface area contributed by atoms with Crippen molar-refractivity contribution in [2.45, 2.75) is 12.5 Å². The van der Waals surface area contributed by atoms with Gasteiger partial charge in [-0.1, -0.05) is 0 Å². The molecule has 104 valence electrons. The summed E-state index contributed by atoms with van der Waals surface area (Å²) in [6.07, 6.45) is 0.253. The molecule has 0 aliphatic carbocycles. The number of hydrogen-bond acceptors (Lipinski definition) is 3. The molecule has 1 fully saturated rings. The summed E-state index contributed by atoms with van der Waals surface area (Å²) in [5.41, 5.74) is -0.0250. The lowest BCUT2D eigenvalue weighted by molar-refractivity contribution is 0.0807. The van der Waals surface area contributed by atoms with Crippen LogP contribution in [0.3, 0.4) is 0 Å². The average Bonchev–Trinajstić information content (AvgIpc) is 2.33. The Morgan fingerprint density at radius 2 is 2.05 bits per heavy atom. The molecular weight excluding hydrogens is 250 g/mol. The lowest BCUT2D eigenvalue weighted by Gasteiger charge is -2.37. The molecule has 1 unspecified atom stereocenters. The molecule has 1 aliphatic rings. The van der Waals surface area contributed by atoms with Crippen molar-refractivity contribution in [2.24, 2.45) is 0 Å². The number of ketones is 1. The van der Waals surface area contributed by atoms with Crippen LogP contribution in [0.4, 0.5) is 8.78 Å². The molecule has 0 amide bonds. The molecule has 0 spiro atoms. The first kappa shape index (κ1) is 14.1. The van der Waals surface area contributed by atoms with E-state index in [4.69, 9.17) is 0 Å². The molecular formula is C14H18F2N2O. The number of likely N-dealkylation sites (N-methyl/N-ethyl adjacent to an activating group) is 2. The van der Waals surface area contributed by atoms with Gasteiger partial charge in [-0.3, -0.25) is 4.79 Å². The van der Waals surface area contributed by atoms with Gasteiger partial charge in [-0.05, 0) is 26.2 Å². The third kappa shape index (κ3) is 3.36. The van der Waals surface area contributed by atoms with Gasteiger partial charge in [0.25, 0.3) is 0 Å². The zero-order valence-electron chi connectivity index (χ0n) is 11.2. The topological polar surface area (TPSA) is 23.6 Å². The van der Waals surface area contributed by atoms with Crippen molar-refractivity contribution in [2.75, 3.05) is 33.7 Å². The minimum absolute atomic E-state index is 0.0250. The van der Waals surface area contributed by atoms with Gasteiger partial charge >= 0.3 is 0 Å². The fourth-order valence-corrected chi connectivity index (χ4v) is 2.36. The molecule has 1 atom stereocenters. The predicted octanol–water partition coefficient (Wildman–Crippen LogP) is 1.78. The van der Waals surface area contributed by atoms with Crippen molar-refractivity contribution < 1.29 is 13.6 Å². The maximum Gasteiger partial charge on any atom is 0.167 e. The van der Waals surface area contributed by atoms with Crippen LogP contribution in [0.5, 0.6) is 0 Å². The van der Waals surface area contributed by atoms with Gasteiger partial charge in [-0.25, -0.2) is 8.78 Å².